The summed E-state index contributed by atoms with van der Waals surface area (Å²) in [7, 11) is -1.75. The average Bonchev–Trinajstić information content (AvgIpc) is 2.24. The van der Waals surface area contributed by atoms with Crippen molar-refractivity contribution in [3.8, 4) is 0 Å². The standard InChI is InChI=1S/C13H22N2O2S/c1-13(2,3)10-18(16,17)15(4)12-8-6-5-7-11(12)9-14/h5-8H,9-10,14H2,1-4H3. The minimum absolute atomic E-state index is 0.107. The van der Waals surface area contributed by atoms with Crippen molar-refractivity contribution in [1.82, 2.24) is 0 Å². The lowest BCUT2D eigenvalue weighted by molar-refractivity contribution is 0.461. The van der Waals surface area contributed by atoms with Gasteiger partial charge in [0, 0.05) is 13.6 Å². The molecule has 0 spiro atoms. The third kappa shape index (κ3) is 3.71. The van der Waals surface area contributed by atoms with Gasteiger partial charge in [-0.1, -0.05) is 39.0 Å². The zero-order valence-electron chi connectivity index (χ0n) is 11.5. The second kappa shape index (κ2) is 5.28. The van der Waals surface area contributed by atoms with Crippen LogP contribution in [0.2, 0.25) is 0 Å². The van der Waals surface area contributed by atoms with E-state index in [1.54, 1.807) is 13.1 Å². The van der Waals surface area contributed by atoms with Crippen molar-refractivity contribution in [1.29, 1.82) is 0 Å². The minimum Gasteiger partial charge on any atom is -0.326 e. The maximum absolute atomic E-state index is 12.3. The lowest BCUT2D eigenvalue weighted by Gasteiger charge is -2.26. The Balaban J connectivity index is 3.10. The van der Waals surface area contributed by atoms with Crippen molar-refractivity contribution in [2.24, 2.45) is 11.1 Å². The molecule has 0 aliphatic carbocycles. The number of hydrogen-bond donors (Lipinski definition) is 1. The molecule has 0 atom stereocenters. The fraction of sp³-hybridized carbons (Fsp3) is 0.538. The van der Waals surface area contributed by atoms with E-state index in [1.807, 2.05) is 39.0 Å². The van der Waals surface area contributed by atoms with Crippen LogP contribution >= 0.6 is 0 Å². The van der Waals surface area contributed by atoms with Gasteiger partial charge < -0.3 is 5.73 Å². The lowest BCUT2D eigenvalue weighted by atomic mass is 10.0. The van der Waals surface area contributed by atoms with E-state index in [-0.39, 0.29) is 11.2 Å². The Bertz CT molecular complexity index is 504. The summed E-state index contributed by atoms with van der Waals surface area (Å²) in [5.74, 6) is 0.107. The number of nitrogens with two attached hydrogens (primary N) is 1. The molecule has 1 aromatic rings. The molecule has 0 aliphatic rings. The molecule has 0 aliphatic heterocycles. The Morgan fingerprint density at radius 1 is 1.22 bits per heavy atom. The van der Waals surface area contributed by atoms with Crippen LogP contribution < -0.4 is 10.0 Å². The van der Waals surface area contributed by atoms with Gasteiger partial charge in [-0.15, -0.1) is 0 Å². The molecule has 4 nitrogen and oxygen atoms in total. The Morgan fingerprint density at radius 3 is 2.28 bits per heavy atom. The molecule has 0 amide bonds. The van der Waals surface area contributed by atoms with Crippen molar-refractivity contribution in [2.75, 3.05) is 17.1 Å². The second-order valence-electron chi connectivity index (χ2n) is 5.62. The number of anilines is 1. The van der Waals surface area contributed by atoms with Crippen molar-refractivity contribution >= 4 is 15.7 Å². The third-order valence-corrected chi connectivity index (χ3v) is 4.85. The quantitative estimate of drug-likeness (QED) is 0.909. The van der Waals surface area contributed by atoms with Gasteiger partial charge in [0.1, 0.15) is 0 Å². The summed E-state index contributed by atoms with van der Waals surface area (Å²) in [6.45, 7) is 6.05. The highest BCUT2D eigenvalue weighted by molar-refractivity contribution is 7.92. The van der Waals surface area contributed by atoms with Gasteiger partial charge in [0.25, 0.3) is 0 Å². The number of rotatable bonds is 4. The van der Waals surface area contributed by atoms with E-state index in [0.717, 1.165) is 5.56 Å². The van der Waals surface area contributed by atoms with E-state index in [4.69, 9.17) is 5.73 Å². The lowest BCUT2D eigenvalue weighted by Crippen LogP contribution is -2.34. The summed E-state index contributed by atoms with van der Waals surface area (Å²) >= 11 is 0. The van der Waals surface area contributed by atoms with E-state index in [0.29, 0.717) is 12.2 Å². The molecule has 102 valence electrons. The van der Waals surface area contributed by atoms with E-state index in [2.05, 4.69) is 0 Å². The maximum Gasteiger partial charge on any atom is 0.235 e. The smallest absolute Gasteiger partial charge is 0.235 e. The van der Waals surface area contributed by atoms with Crippen molar-refractivity contribution in [3.05, 3.63) is 29.8 Å². The Labute approximate surface area is 110 Å². The van der Waals surface area contributed by atoms with Crippen molar-refractivity contribution < 1.29 is 8.42 Å². The van der Waals surface area contributed by atoms with Crippen LogP contribution in [0, 0.1) is 5.41 Å². The molecule has 0 saturated carbocycles. The first-order chi connectivity index (χ1) is 8.17. The SMILES string of the molecule is CN(c1ccccc1CN)S(=O)(=O)CC(C)(C)C. The predicted octanol–water partition coefficient (Wildman–Crippen LogP) is 1.96. The summed E-state index contributed by atoms with van der Waals surface area (Å²) < 4.78 is 25.9. The zero-order chi connectivity index (χ0) is 14.0. The second-order valence-corrected chi connectivity index (χ2v) is 7.62. The molecule has 0 saturated heterocycles. The van der Waals surface area contributed by atoms with Gasteiger partial charge >= 0.3 is 0 Å². The summed E-state index contributed by atoms with van der Waals surface area (Å²) in [6, 6.07) is 7.30. The van der Waals surface area contributed by atoms with Crippen LogP contribution in [-0.2, 0) is 16.6 Å². The van der Waals surface area contributed by atoms with Crippen LogP contribution in [0.3, 0.4) is 0 Å². The predicted molar refractivity (Wildman–Crippen MR) is 76.0 cm³/mol. The van der Waals surface area contributed by atoms with Gasteiger partial charge in [-0.3, -0.25) is 4.31 Å². The summed E-state index contributed by atoms with van der Waals surface area (Å²) in [4.78, 5) is 0. The van der Waals surface area contributed by atoms with Gasteiger partial charge in [-0.2, -0.15) is 0 Å². The number of para-hydroxylation sites is 1. The van der Waals surface area contributed by atoms with Gasteiger partial charge in [0.05, 0.1) is 11.4 Å². The number of sulfonamides is 1. The molecule has 2 N–H and O–H groups in total. The Hall–Kier alpha value is -1.07. The number of nitrogens with zero attached hydrogens (tertiary/aromatic N) is 1. The van der Waals surface area contributed by atoms with Crippen LogP contribution in [-0.4, -0.2) is 21.2 Å². The van der Waals surface area contributed by atoms with E-state index in [1.165, 1.54) is 4.31 Å². The highest BCUT2D eigenvalue weighted by Crippen LogP contribution is 2.25. The Morgan fingerprint density at radius 2 is 1.78 bits per heavy atom. The van der Waals surface area contributed by atoms with Crippen LogP contribution in [0.5, 0.6) is 0 Å². The summed E-state index contributed by atoms with van der Waals surface area (Å²) in [5.41, 5.74) is 6.85. The largest absolute Gasteiger partial charge is 0.326 e. The first-order valence-corrected chi connectivity index (χ1v) is 7.53. The van der Waals surface area contributed by atoms with E-state index in [9.17, 15) is 8.42 Å². The molecule has 0 bridgehead atoms. The summed E-state index contributed by atoms with van der Waals surface area (Å²) in [6.07, 6.45) is 0. The molecular formula is C13H22N2O2S. The maximum atomic E-state index is 12.3. The van der Waals surface area contributed by atoms with Gasteiger partial charge in [-0.25, -0.2) is 8.42 Å². The fourth-order valence-corrected chi connectivity index (χ4v) is 3.55. The molecule has 0 aromatic heterocycles. The minimum atomic E-state index is -3.33. The molecule has 5 heteroatoms. The molecule has 0 unspecified atom stereocenters. The average molecular weight is 270 g/mol. The molecule has 0 fully saturated rings. The van der Waals surface area contributed by atoms with E-state index < -0.39 is 10.0 Å². The van der Waals surface area contributed by atoms with Crippen LogP contribution in [0.15, 0.2) is 24.3 Å². The topological polar surface area (TPSA) is 63.4 Å². The first kappa shape index (κ1) is 15.0. The Kier molecular flexibility index (Phi) is 4.40. The highest BCUT2D eigenvalue weighted by atomic mass is 32.2. The zero-order valence-corrected chi connectivity index (χ0v) is 12.3. The molecule has 1 aromatic carbocycles. The van der Waals surface area contributed by atoms with Gasteiger partial charge in [-0.05, 0) is 17.0 Å². The van der Waals surface area contributed by atoms with Crippen molar-refractivity contribution in [3.63, 3.8) is 0 Å². The molecule has 0 radical (unpaired) electrons. The molecule has 1 rings (SSSR count). The van der Waals surface area contributed by atoms with Gasteiger partial charge in [0.2, 0.25) is 10.0 Å². The normalized spacial score (nSPS) is 12.5. The fourth-order valence-electron chi connectivity index (χ4n) is 1.78. The number of hydrogen-bond acceptors (Lipinski definition) is 3. The van der Waals surface area contributed by atoms with Crippen LogP contribution in [0.4, 0.5) is 5.69 Å². The van der Waals surface area contributed by atoms with Crippen LogP contribution in [0.25, 0.3) is 0 Å². The van der Waals surface area contributed by atoms with E-state index >= 15 is 0 Å². The third-order valence-electron chi connectivity index (χ3n) is 2.58. The first-order valence-electron chi connectivity index (χ1n) is 5.92. The number of benzene rings is 1. The summed E-state index contributed by atoms with van der Waals surface area (Å²) in [5, 5.41) is 0. The van der Waals surface area contributed by atoms with Gasteiger partial charge in [0.15, 0.2) is 0 Å². The molecule has 0 heterocycles. The highest BCUT2D eigenvalue weighted by Gasteiger charge is 2.26. The van der Waals surface area contributed by atoms with Crippen LogP contribution in [0.1, 0.15) is 26.3 Å². The molecule has 18 heavy (non-hydrogen) atoms. The monoisotopic (exact) mass is 270 g/mol. The molecular weight excluding hydrogens is 248 g/mol. The van der Waals surface area contributed by atoms with Crippen molar-refractivity contribution in [2.45, 2.75) is 27.3 Å².